The summed E-state index contributed by atoms with van der Waals surface area (Å²) in [4.78, 5) is 1.64. The molecule has 0 amide bonds. The molecule has 1 aromatic carbocycles. The van der Waals surface area contributed by atoms with Crippen LogP contribution in [0.25, 0.3) is 0 Å². The third-order valence-electron chi connectivity index (χ3n) is 3.52. The van der Waals surface area contributed by atoms with Gasteiger partial charge in [0.2, 0.25) is 0 Å². The molecule has 8 heteroatoms. The zero-order valence-electron chi connectivity index (χ0n) is 11.2. The zero-order valence-corrected chi connectivity index (χ0v) is 12.0. The van der Waals surface area contributed by atoms with Crippen molar-refractivity contribution in [1.82, 2.24) is 0 Å². The van der Waals surface area contributed by atoms with E-state index in [1.165, 1.54) is 6.07 Å². The van der Waals surface area contributed by atoms with Gasteiger partial charge in [-0.15, -0.1) is 0 Å². The normalized spacial score (nSPS) is 21.9. The third-order valence-corrected chi connectivity index (χ3v) is 5.65. The molecule has 0 spiro atoms. The molecule has 1 atom stereocenters. The Morgan fingerprint density at radius 1 is 1.38 bits per heavy atom. The number of benzene rings is 1. The fraction of sp³-hybridized carbons (Fsp3) is 0.462. The van der Waals surface area contributed by atoms with Gasteiger partial charge in [-0.05, 0) is 25.1 Å². The van der Waals surface area contributed by atoms with E-state index in [4.69, 9.17) is 5.26 Å². The number of alkyl halides is 3. The Morgan fingerprint density at radius 2 is 2.05 bits per heavy atom. The molecule has 0 radical (unpaired) electrons. The predicted molar refractivity (Wildman–Crippen MR) is 71.6 cm³/mol. The molecular weight excluding hydrogens is 305 g/mol. The first-order valence-electron chi connectivity index (χ1n) is 6.23. The summed E-state index contributed by atoms with van der Waals surface area (Å²) in [6.45, 7) is 1.90. The summed E-state index contributed by atoms with van der Waals surface area (Å²) in [5.74, 6) is -0.0694. The van der Waals surface area contributed by atoms with Gasteiger partial charge in [0.25, 0.3) is 0 Å². The maximum absolute atomic E-state index is 12.6. The topological polar surface area (TPSA) is 61.2 Å². The van der Waals surface area contributed by atoms with Crippen LogP contribution in [0.2, 0.25) is 0 Å². The second kappa shape index (κ2) is 5.22. The minimum atomic E-state index is -4.51. The van der Waals surface area contributed by atoms with Gasteiger partial charge in [0.15, 0.2) is 9.84 Å². The standard InChI is InChI=1S/C13H13F3N2O2S/c1-9-8-18(4-5-21(9,19)20)12-3-2-11(13(14,15)16)6-10(12)7-17/h2-3,6,9H,4-5,8H2,1H3/t9-/m0/s1. The summed E-state index contributed by atoms with van der Waals surface area (Å²) < 4.78 is 61.2. The van der Waals surface area contributed by atoms with Gasteiger partial charge in [-0.3, -0.25) is 0 Å². The van der Waals surface area contributed by atoms with Crippen molar-refractivity contribution < 1.29 is 21.6 Å². The minimum absolute atomic E-state index is 0.0694. The Morgan fingerprint density at radius 3 is 2.57 bits per heavy atom. The minimum Gasteiger partial charge on any atom is -0.368 e. The van der Waals surface area contributed by atoms with Crippen molar-refractivity contribution in [2.45, 2.75) is 18.3 Å². The molecular formula is C13H13F3N2O2S. The van der Waals surface area contributed by atoms with Gasteiger partial charge in [0, 0.05) is 13.1 Å². The van der Waals surface area contributed by atoms with Crippen molar-refractivity contribution in [3.8, 4) is 6.07 Å². The Balaban J connectivity index is 2.36. The average molecular weight is 318 g/mol. The molecule has 0 aliphatic carbocycles. The highest BCUT2D eigenvalue weighted by molar-refractivity contribution is 7.92. The number of hydrogen-bond donors (Lipinski definition) is 0. The highest BCUT2D eigenvalue weighted by Crippen LogP contribution is 2.33. The molecule has 1 heterocycles. The molecule has 0 N–H and O–H groups in total. The summed E-state index contributed by atoms with van der Waals surface area (Å²) in [6.07, 6.45) is -4.51. The molecule has 1 aliphatic rings. The third kappa shape index (κ3) is 3.13. The lowest BCUT2D eigenvalue weighted by Gasteiger charge is -2.33. The lowest BCUT2D eigenvalue weighted by molar-refractivity contribution is -0.137. The number of hydrogen-bond acceptors (Lipinski definition) is 4. The Kier molecular flexibility index (Phi) is 3.89. The van der Waals surface area contributed by atoms with Crippen LogP contribution in [-0.4, -0.2) is 32.5 Å². The van der Waals surface area contributed by atoms with Crippen molar-refractivity contribution in [2.24, 2.45) is 0 Å². The second-order valence-corrected chi connectivity index (χ2v) is 7.50. The molecule has 1 aliphatic heterocycles. The van der Waals surface area contributed by atoms with Crippen LogP contribution in [0.15, 0.2) is 18.2 Å². The molecule has 0 unspecified atom stereocenters. The van der Waals surface area contributed by atoms with E-state index in [9.17, 15) is 21.6 Å². The van der Waals surface area contributed by atoms with Crippen LogP contribution in [0.3, 0.4) is 0 Å². The first-order chi connectivity index (χ1) is 9.65. The summed E-state index contributed by atoms with van der Waals surface area (Å²) in [5, 5.41) is 8.43. The Bertz CT molecular complexity index is 692. The molecule has 1 fully saturated rings. The smallest absolute Gasteiger partial charge is 0.368 e. The fourth-order valence-corrected chi connectivity index (χ4v) is 3.53. The SMILES string of the molecule is C[C@H]1CN(c2ccc(C(F)(F)F)cc2C#N)CCS1(=O)=O. The van der Waals surface area contributed by atoms with E-state index < -0.39 is 26.8 Å². The average Bonchev–Trinajstić information content (AvgIpc) is 2.40. The Hall–Kier alpha value is -1.75. The van der Waals surface area contributed by atoms with E-state index in [2.05, 4.69) is 0 Å². The maximum Gasteiger partial charge on any atom is 0.416 e. The second-order valence-electron chi connectivity index (χ2n) is 4.97. The van der Waals surface area contributed by atoms with E-state index in [0.29, 0.717) is 5.69 Å². The van der Waals surface area contributed by atoms with Gasteiger partial charge in [-0.2, -0.15) is 18.4 Å². The van der Waals surface area contributed by atoms with E-state index in [-0.39, 0.29) is 24.4 Å². The summed E-state index contributed by atoms with van der Waals surface area (Å²) in [6, 6.07) is 4.68. The van der Waals surface area contributed by atoms with Crippen molar-refractivity contribution in [3.63, 3.8) is 0 Å². The van der Waals surface area contributed by atoms with Crippen LogP contribution in [0, 0.1) is 11.3 Å². The van der Waals surface area contributed by atoms with Crippen molar-refractivity contribution >= 4 is 15.5 Å². The molecule has 1 aromatic rings. The molecule has 0 bridgehead atoms. The van der Waals surface area contributed by atoms with Crippen LogP contribution in [0.1, 0.15) is 18.1 Å². The highest BCUT2D eigenvalue weighted by atomic mass is 32.2. The summed E-state index contributed by atoms with van der Waals surface area (Å²) >= 11 is 0. The van der Waals surface area contributed by atoms with E-state index in [0.717, 1.165) is 12.1 Å². The van der Waals surface area contributed by atoms with Gasteiger partial charge < -0.3 is 4.90 Å². The van der Waals surface area contributed by atoms with Gasteiger partial charge in [0.05, 0.1) is 27.8 Å². The molecule has 2 rings (SSSR count). The highest BCUT2D eigenvalue weighted by Gasteiger charge is 2.33. The van der Waals surface area contributed by atoms with Crippen LogP contribution in [0.5, 0.6) is 0 Å². The van der Waals surface area contributed by atoms with Crippen LogP contribution >= 0.6 is 0 Å². The molecule has 114 valence electrons. The van der Waals surface area contributed by atoms with Crippen molar-refractivity contribution in [2.75, 3.05) is 23.7 Å². The maximum atomic E-state index is 12.6. The predicted octanol–water partition coefficient (Wildman–Crippen LogP) is 2.20. The number of rotatable bonds is 1. The van der Waals surface area contributed by atoms with E-state index >= 15 is 0 Å². The monoisotopic (exact) mass is 318 g/mol. The van der Waals surface area contributed by atoms with Crippen molar-refractivity contribution in [3.05, 3.63) is 29.3 Å². The van der Waals surface area contributed by atoms with E-state index in [1.807, 2.05) is 0 Å². The van der Waals surface area contributed by atoms with Gasteiger partial charge in [0.1, 0.15) is 6.07 Å². The number of anilines is 1. The van der Waals surface area contributed by atoms with Gasteiger partial charge in [-0.25, -0.2) is 8.42 Å². The van der Waals surface area contributed by atoms with Crippen LogP contribution < -0.4 is 4.90 Å². The number of nitrogens with zero attached hydrogens (tertiary/aromatic N) is 2. The molecule has 1 saturated heterocycles. The molecule has 0 saturated carbocycles. The first-order valence-corrected chi connectivity index (χ1v) is 7.94. The van der Waals surface area contributed by atoms with Gasteiger partial charge in [-0.1, -0.05) is 0 Å². The number of sulfone groups is 1. The fourth-order valence-electron chi connectivity index (χ4n) is 2.25. The molecule has 21 heavy (non-hydrogen) atoms. The summed E-state index contributed by atoms with van der Waals surface area (Å²) in [5.41, 5.74) is -0.649. The lowest BCUT2D eigenvalue weighted by atomic mass is 10.1. The van der Waals surface area contributed by atoms with Crippen LogP contribution in [-0.2, 0) is 16.0 Å². The van der Waals surface area contributed by atoms with Gasteiger partial charge >= 0.3 is 6.18 Å². The lowest BCUT2D eigenvalue weighted by Crippen LogP contribution is -2.45. The van der Waals surface area contributed by atoms with Crippen LogP contribution in [0.4, 0.5) is 18.9 Å². The number of halogens is 3. The largest absolute Gasteiger partial charge is 0.416 e. The first kappa shape index (κ1) is 15.6. The Labute approximate surface area is 120 Å². The zero-order chi connectivity index (χ0) is 15.8. The number of nitriles is 1. The van der Waals surface area contributed by atoms with E-state index in [1.54, 1.807) is 17.9 Å². The molecule has 0 aromatic heterocycles. The quantitative estimate of drug-likeness (QED) is 0.796. The summed E-state index contributed by atoms with van der Waals surface area (Å²) in [7, 11) is -3.16. The molecule has 4 nitrogen and oxygen atoms in total. The van der Waals surface area contributed by atoms with Crippen molar-refractivity contribution in [1.29, 1.82) is 5.26 Å².